The highest BCUT2D eigenvalue weighted by atomic mass is 79.9. The molecule has 0 spiro atoms. The molecule has 0 unspecified atom stereocenters. The zero-order valence-electron chi connectivity index (χ0n) is 10.5. The molecule has 6 heteroatoms. The highest BCUT2D eigenvalue weighted by Gasteiger charge is 2.17. The van der Waals surface area contributed by atoms with Crippen LogP contribution in [0.1, 0.15) is 15.9 Å². The molecule has 20 heavy (non-hydrogen) atoms. The first kappa shape index (κ1) is 14.8. The lowest BCUT2D eigenvalue weighted by atomic mass is 10.1. The van der Waals surface area contributed by atoms with Gasteiger partial charge in [-0.1, -0.05) is 17.7 Å². The smallest absolute Gasteiger partial charge is 0.260 e. The fourth-order valence-electron chi connectivity index (χ4n) is 1.68. The Hall–Kier alpha value is -1.59. The Morgan fingerprint density at radius 3 is 2.75 bits per heavy atom. The molecular formula is C14H11BrClFN2O. The maximum Gasteiger partial charge on any atom is 0.260 e. The number of halogens is 3. The molecule has 0 aliphatic rings. The minimum atomic E-state index is -0.675. The van der Waals surface area contributed by atoms with Crippen molar-refractivity contribution in [2.24, 2.45) is 0 Å². The fraction of sp³-hybridized carbons (Fsp3) is 0.0714. The van der Waals surface area contributed by atoms with Gasteiger partial charge in [-0.3, -0.25) is 4.79 Å². The minimum Gasteiger partial charge on any atom is -0.398 e. The number of benzene rings is 2. The van der Waals surface area contributed by atoms with Gasteiger partial charge in [-0.25, -0.2) is 4.39 Å². The van der Waals surface area contributed by atoms with Crippen molar-refractivity contribution >= 4 is 44.8 Å². The predicted molar refractivity (Wildman–Crippen MR) is 82.7 cm³/mol. The maximum absolute atomic E-state index is 13.7. The van der Waals surface area contributed by atoms with E-state index in [4.69, 9.17) is 17.3 Å². The predicted octanol–water partition coefficient (Wildman–Crippen LogP) is 4.38. The molecule has 0 radical (unpaired) electrons. The number of nitrogen functional groups attached to an aromatic ring is 1. The molecule has 3 nitrogen and oxygen atoms in total. The average molecular weight is 358 g/mol. The first-order valence-corrected chi connectivity index (χ1v) is 6.88. The van der Waals surface area contributed by atoms with Crippen LogP contribution in [0, 0.1) is 12.7 Å². The van der Waals surface area contributed by atoms with Crippen molar-refractivity contribution in [1.82, 2.24) is 0 Å². The lowest BCUT2D eigenvalue weighted by Gasteiger charge is -2.11. The van der Waals surface area contributed by atoms with E-state index >= 15 is 0 Å². The second-order valence-electron chi connectivity index (χ2n) is 4.24. The number of hydrogen-bond donors (Lipinski definition) is 2. The summed E-state index contributed by atoms with van der Waals surface area (Å²) in [4.78, 5) is 12.1. The molecular weight excluding hydrogens is 347 g/mol. The molecule has 104 valence electrons. The van der Waals surface area contributed by atoms with Crippen LogP contribution in [0.4, 0.5) is 15.8 Å². The number of amides is 1. The lowest BCUT2D eigenvalue weighted by molar-refractivity contribution is 0.102. The van der Waals surface area contributed by atoms with Crippen LogP contribution in [-0.2, 0) is 0 Å². The Morgan fingerprint density at radius 2 is 2.10 bits per heavy atom. The van der Waals surface area contributed by atoms with Gasteiger partial charge in [0.2, 0.25) is 0 Å². The summed E-state index contributed by atoms with van der Waals surface area (Å²) in [7, 11) is 0. The third kappa shape index (κ3) is 2.94. The van der Waals surface area contributed by atoms with Gasteiger partial charge in [0.05, 0.1) is 16.3 Å². The molecule has 0 saturated carbocycles. The molecule has 1 amide bonds. The second kappa shape index (κ2) is 5.81. The third-order valence-corrected chi connectivity index (χ3v) is 3.76. The van der Waals surface area contributed by atoms with E-state index in [0.717, 1.165) is 5.56 Å². The Morgan fingerprint density at radius 1 is 1.40 bits per heavy atom. The first-order chi connectivity index (χ1) is 9.40. The molecule has 0 saturated heterocycles. The van der Waals surface area contributed by atoms with Crippen LogP contribution < -0.4 is 11.1 Å². The molecule has 2 aromatic rings. The zero-order chi connectivity index (χ0) is 14.9. The number of rotatable bonds is 2. The summed E-state index contributed by atoms with van der Waals surface area (Å²) in [6.07, 6.45) is 0. The monoisotopic (exact) mass is 356 g/mol. The first-order valence-electron chi connectivity index (χ1n) is 5.71. The summed E-state index contributed by atoms with van der Waals surface area (Å²) in [5, 5.41) is 2.64. The van der Waals surface area contributed by atoms with E-state index < -0.39 is 11.7 Å². The topological polar surface area (TPSA) is 55.1 Å². The number of nitrogens with one attached hydrogen (secondary N) is 1. The van der Waals surface area contributed by atoms with Crippen molar-refractivity contribution in [1.29, 1.82) is 0 Å². The largest absolute Gasteiger partial charge is 0.398 e. The van der Waals surface area contributed by atoms with E-state index in [-0.39, 0.29) is 10.6 Å². The quantitative estimate of drug-likeness (QED) is 0.783. The Kier molecular flexibility index (Phi) is 4.30. The molecule has 2 aromatic carbocycles. The number of nitrogens with two attached hydrogens (primary N) is 1. The molecule has 3 N–H and O–H groups in total. The van der Waals surface area contributed by atoms with Gasteiger partial charge in [-0.15, -0.1) is 0 Å². The van der Waals surface area contributed by atoms with E-state index in [0.29, 0.717) is 15.8 Å². The summed E-state index contributed by atoms with van der Waals surface area (Å²) >= 11 is 9.17. The lowest BCUT2D eigenvalue weighted by Crippen LogP contribution is -2.15. The number of carbonyl (C=O) groups excluding carboxylic acids is 1. The van der Waals surface area contributed by atoms with Crippen LogP contribution in [0.25, 0.3) is 0 Å². The van der Waals surface area contributed by atoms with E-state index in [2.05, 4.69) is 21.2 Å². The maximum atomic E-state index is 13.7. The summed E-state index contributed by atoms with van der Waals surface area (Å²) in [6.45, 7) is 1.85. The molecule has 0 heterocycles. The van der Waals surface area contributed by atoms with Crippen LogP contribution in [0.3, 0.4) is 0 Å². The van der Waals surface area contributed by atoms with Crippen molar-refractivity contribution in [3.63, 3.8) is 0 Å². The van der Waals surface area contributed by atoms with Crippen molar-refractivity contribution in [3.8, 4) is 0 Å². The molecule has 0 aromatic heterocycles. The van der Waals surface area contributed by atoms with Gasteiger partial charge < -0.3 is 11.1 Å². The van der Waals surface area contributed by atoms with Crippen molar-refractivity contribution in [2.75, 3.05) is 11.1 Å². The van der Waals surface area contributed by atoms with Crippen LogP contribution in [0.5, 0.6) is 0 Å². The van der Waals surface area contributed by atoms with Gasteiger partial charge in [0, 0.05) is 10.2 Å². The summed E-state index contributed by atoms with van der Waals surface area (Å²) < 4.78 is 14.3. The SMILES string of the molecule is Cc1cc(Br)c(NC(=O)c2c(F)cccc2Cl)cc1N. The van der Waals surface area contributed by atoms with Crippen LogP contribution >= 0.6 is 27.5 Å². The number of aryl methyl sites for hydroxylation is 1. The Balaban J connectivity index is 2.35. The van der Waals surface area contributed by atoms with E-state index in [1.165, 1.54) is 18.2 Å². The fourth-order valence-corrected chi connectivity index (χ4v) is 2.49. The van der Waals surface area contributed by atoms with Gasteiger partial charge >= 0.3 is 0 Å². The van der Waals surface area contributed by atoms with Crippen LogP contribution in [0.15, 0.2) is 34.8 Å². The van der Waals surface area contributed by atoms with Crippen molar-refractivity contribution in [3.05, 3.63) is 56.8 Å². The van der Waals surface area contributed by atoms with Gasteiger partial charge in [-0.05, 0) is 52.7 Å². The van der Waals surface area contributed by atoms with Crippen LogP contribution in [0.2, 0.25) is 5.02 Å². The van der Waals surface area contributed by atoms with Gasteiger partial charge in [-0.2, -0.15) is 0 Å². The zero-order valence-corrected chi connectivity index (χ0v) is 12.8. The van der Waals surface area contributed by atoms with Gasteiger partial charge in [0.1, 0.15) is 5.82 Å². The van der Waals surface area contributed by atoms with E-state index in [1.807, 2.05) is 6.92 Å². The van der Waals surface area contributed by atoms with Gasteiger partial charge in [0.25, 0.3) is 5.91 Å². The molecule has 0 fully saturated rings. The Bertz CT molecular complexity index is 671. The highest BCUT2D eigenvalue weighted by Crippen LogP contribution is 2.29. The third-order valence-electron chi connectivity index (χ3n) is 2.79. The minimum absolute atomic E-state index is 0.0544. The number of anilines is 2. The van der Waals surface area contributed by atoms with E-state index in [1.54, 1.807) is 12.1 Å². The summed E-state index contributed by atoms with van der Waals surface area (Å²) in [5.74, 6) is -1.30. The van der Waals surface area contributed by atoms with Gasteiger partial charge in [0.15, 0.2) is 0 Å². The van der Waals surface area contributed by atoms with E-state index in [9.17, 15) is 9.18 Å². The van der Waals surface area contributed by atoms with Crippen LogP contribution in [-0.4, -0.2) is 5.91 Å². The normalized spacial score (nSPS) is 10.4. The number of carbonyl (C=O) groups is 1. The Labute approximate surface area is 129 Å². The number of hydrogen-bond acceptors (Lipinski definition) is 2. The van der Waals surface area contributed by atoms with Crippen molar-refractivity contribution in [2.45, 2.75) is 6.92 Å². The molecule has 2 rings (SSSR count). The molecule has 0 aliphatic heterocycles. The summed E-state index contributed by atoms with van der Waals surface area (Å²) in [6, 6.07) is 7.45. The molecule has 0 atom stereocenters. The second-order valence-corrected chi connectivity index (χ2v) is 5.50. The summed E-state index contributed by atoms with van der Waals surface area (Å²) in [5.41, 5.74) is 7.46. The standard InChI is InChI=1S/C14H11BrClFN2O/c1-7-5-8(15)12(6-11(7)18)19-14(20)13-9(16)3-2-4-10(13)17/h2-6H,18H2,1H3,(H,19,20). The highest BCUT2D eigenvalue weighted by molar-refractivity contribution is 9.10. The molecule has 0 aliphatic carbocycles. The molecule has 0 bridgehead atoms. The van der Waals surface area contributed by atoms with Crippen molar-refractivity contribution < 1.29 is 9.18 Å². The average Bonchev–Trinajstić information content (AvgIpc) is 2.35.